The number of nitrogens with one attached hydrogen (secondary N) is 1. The zero-order valence-corrected chi connectivity index (χ0v) is 16.4. The van der Waals surface area contributed by atoms with Gasteiger partial charge < -0.3 is 5.32 Å². The molecule has 1 N–H and O–H groups in total. The highest BCUT2D eigenvalue weighted by Crippen LogP contribution is 2.32. The fourth-order valence-electron chi connectivity index (χ4n) is 3.42. The summed E-state index contributed by atoms with van der Waals surface area (Å²) in [6, 6.07) is 19.2. The van der Waals surface area contributed by atoms with Crippen LogP contribution in [0.3, 0.4) is 0 Å². The van der Waals surface area contributed by atoms with E-state index in [1.807, 2.05) is 37.3 Å². The summed E-state index contributed by atoms with van der Waals surface area (Å²) in [6.45, 7) is 3.94. The molecule has 0 aliphatic heterocycles. The van der Waals surface area contributed by atoms with Gasteiger partial charge in [-0.3, -0.25) is 14.6 Å². The summed E-state index contributed by atoms with van der Waals surface area (Å²) in [5, 5.41) is 2.63. The molecule has 28 heavy (non-hydrogen) atoms. The first kappa shape index (κ1) is 19.5. The minimum absolute atomic E-state index is 0.0779. The molecule has 1 aromatic heterocycles. The molecule has 0 saturated carbocycles. The van der Waals surface area contributed by atoms with Gasteiger partial charge in [-0.1, -0.05) is 36.4 Å². The Morgan fingerprint density at radius 1 is 0.964 bits per heavy atom. The third-order valence-electron chi connectivity index (χ3n) is 4.97. The first-order valence-corrected chi connectivity index (χ1v) is 9.33. The van der Waals surface area contributed by atoms with Crippen molar-refractivity contribution < 1.29 is 9.59 Å². The predicted molar refractivity (Wildman–Crippen MR) is 111 cm³/mol. The Labute approximate surface area is 165 Å². The highest BCUT2D eigenvalue weighted by Gasteiger charge is 2.21. The summed E-state index contributed by atoms with van der Waals surface area (Å²) in [5.41, 5.74) is 5.38. The summed E-state index contributed by atoms with van der Waals surface area (Å²) >= 11 is 0. The van der Waals surface area contributed by atoms with Crippen LogP contribution in [0.15, 0.2) is 66.9 Å². The van der Waals surface area contributed by atoms with Crippen molar-refractivity contribution in [1.29, 1.82) is 0 Å². The van der Waals surface area contributed by atoms with Crippen LogP contribution in [0.2, 0.25) is 0 Å². The molecule has 0 aliphatic carbocycles. The van der Waals surface area contributed by atoms with Crippen molar-refractivity contribution in [1.82, 2.24) is 10.3 Å². The van der Waals surface area contributed by atoms with Gasteiger partial charge in [0.15, 0.2) is 5.78 Å². The first-order valence-electron chi connectivity index (χ1n) is 9.33. The zero-order valence-electron chi connectivity index (χ0n) is 16.4. The molecule has 142 valence electrons. The number of benzene rings is 2. The fraction of sp³-hybridized carbons (Fsp3) is 0.208. The van der Waals surface area contributed by atoms with Crippen LogP contribution in [0.1, 0.15) is 55.4 Å². The first-order chi connectivity index (χ1) is 13.5. The maximum atomic E-state index is 13.0. The number of carbonyl (C=O) groups is 2. The van der Waals surface area contributed by atoms with Crippen molar-refractivity contribution >= 4 is 11.7 Å². The number of hydrogen-bond acceptors (Lipinski definition) is 3. The van der Waals surface area contributed by atoms with E-state index >= 15 is 0 Å². The Kier molecular flexibility index (Phi) is 5.99. The van der Waals surface area contributed by atoms with E-state index in [-0.39, 0.29) is 17.6 Å². The van der Waals surface area contributed by atoms with Crippen LogP contribution in [0.4, 0.5) is 0 Å². The van der Waals surface area contributed by atoms with Crippen molar-refractivity contribution in [2.75, 3.05) is 7.05 Å². The van der Waals surface area contributed by atoms with Crippen LogP contribution < -0.4 is 5.32 Å². The average molecular weight is 372 g/mol. The van der Waals surface area contributed by atoms with Crippen LogP contribution in [-0.4, -0.2) is 23.7 Å². The maximum Gasteiger partial charge on any atom is 0.251 e. The number of nitrogens with zero attached hydrogens (tertiary/aromatic N) is 1. The quantitative estimate of drug-likeness (QED) is 0.650. The van der Waals surface area contributed by atoms with E-state index in [1.165, 1.54) is 0 Å². The second-order valence-electron chi connectivity index (χ2n) is 6.92. The molecule has 2 aromatic carbocycles. The van der Waals surface area contributed by atoms with Crippen molar-refractivity contribution in [3.05, 3.63) is 100 Å². The van der Waals surface area contributed by atoms with Gasteiger partial charge in [-0.15, -0.1) is 0 Å². The lowest BCUT2D eigenvalue weighted by Crippen LogP contribution is -2.18. The highest BCUT2D eigenvalue weighted by molar-refractivity contribution is 5.97. The number of ketones is 1. The maximum absolute atomic E-state index is 13.0. The monoisotopic (exact) mass is 372 g/mol. The molecule has 1 heterocycles. The van der Waals surface area contributed by atoms with E-state index in [0.717, 1.165) is 22.4 Å². The van der Waals surface area contributed by atoms with E-state index in [0.29, 0.717) is 17.5 Å². The lowest BCUT2D eigenvalue weighted by Gasteiger charge is -2.20. The van der Waals surface area contributed by atoms with Crippen LogP contribution in [0.5, 0.6) is 0 Å². The van der Waals surface area contributed by atoms with Crippen LogP contribution in [0.25, 0.3) is 0 Å². The molecule has 0 aliphatic rings. The summed E-state index contributed by atoms with van der Waals surface area (Å²) in [4.78, 5) is 29.0. The van der Waals surface area contributed by atoms with Crippen molar-refractivity contribution in [3.63, 3.8) is 0 Å². The standard InChI is InChI=1S/C24H24N2O2/c1-16-6-4-5-7-21(16)22(15-23(27)20-12-13-26-17(2)14-20)18-8-10-19(11-9-18)24(28)25-3/h4-14,22H,15H2,1-3H3,(H,25,28)/t22-/m1/s1. The van der Waals surface area contributed by atoms with Crippen LogP contribution >= 0.6 is 0 Å². The van der Waals surface area contributed by atoms with Crippen LogP contribution in [-0.2, 0) is 0 Å². The number of pyridine rings is 1. The average Bonchev–Trinajstić information content (AvgIpc) is 2.72. The molecule has 0 spiro atoms. The van der Waals surface area contributed by atoms with Crippen molar-refractivity contribution in [2.45, 2.75) is 26.2 Å². The number of amides is 1. The van der Waals surface area contributed by atoms with Gasteiger partial charge in [0, 0.05) is 42.4 Å². The minimum atomic E-state index is -0.123. The molecule has 0 unspecified atom stereocenters. The molecular weight excluding hydrogens is 348 g/mol. The molecule has 1 amide bonds. The van der Waals surface area contributed by atoms with Gasteiger partial charge in [0.1, 0.15) is 0 Å². The molecule has 1 atom stereocenters. The normalized spacial score (nSPS) is 11.7. The van der Waals surface area contributed by atoms with Gasteiger partial charge in [0.25, 0.3) is 5.91 Å². The number of hydrogen-bond donors (Lipinski definition) is 1. The smallest absolute Gasteiger partial charge is 0.251 e. The van der Waals surface area contributed by atoms with E-state index in [9.17, 15) is 9.59 Å². The number of carbonyl (C=O) groups excluding carboxylic acids is 2. The summed E-state index contributed by atoms with van der Waals surface area (Å²) in [6.07, 6.45) is 2.02. The molecule has 3 aromatic rings. The Morgan fingerprint density at radius 3 is 2.32 bits per heavy atom. The topological polar surface area (TPSA) is 59.1 Å². The molecule has 3 rings (SSSR count). The molecule has 0 fully saturated rings. The number of aromatic nitrogens is 1. The number of aryl methyl sites for hydroxylation is 2. The molecular formula is C24H24N2O2. The summed E-state index contributed by atoms with van der Waals surface area (Å²) in [7, 11) is 1.61. The van der Waals surface area contributed by atoms with Gasteiger partial charge in [-0.25, -0.2) is 0 Å². The lowest BCUT2D eigenvalue weighted by atomic mass is 9.83. The lowest BCUT2D eigenvalue weighted by molar-refractivity contribution is 0.0958. The van der Waals surface area contributed by atoms with Gasteiger partial charge >= 0.3 is 0 Å². The molecule has 0 bridgehead atoms. The van der Waals surface area contributed by atoms with E-state index in [2.05, 4.69) is 29.4 Å². The number of Topliss-reactive ketones (excluding diaryl/α,β-unsaturated/α-hetero) is 1. The van der Waals surface area contributed by atoms with Crippen LogP contribution in [0, 0.1) is 13.8 Å². The Balaban J connectivity index is 1.97. The van der Waals surface area contributed by atoms with Gasteiger partial charge in [0.2, 0.25) is 0 Å². The largest absolute Gasteiger partial charge is 0.355 e. The van der Waals surface area contributed by atoms with Gasteiger partial charge in [-0.05, 0) is 54.8 Å². The number of rotatable bonds is 6. The third-order valence-corrected chi connectivity index (χ3v) is 4.97. The summed E-state index contributed by atoms with van der Waals surface area (Å²) in [5.74, 6) is -0.127. The van der Waals surface area contributed by atoms with E-state index in [1.54, 1.807) is 31.4 Å². The van der Waals surface area contributed by atoms with E-state index < -0.39 is 0 Å². The molecule has 4 heteroatoms. The zero-order chi connectivity index (χ0) is 20.1. The third kappa shape index (κ3) is 4.34. The summed E-state index contributed by atoms with van der Waals surface area (Å²) < 4.78 is 0. The van der Waals surface area contributed by atoms with Gasteiger partial charge in [0.05, 0.1) is 0 Å². The molecule has 0 saturated heterocycles. The van der Waals surface area contributed by atoms with Gasteiger partial charge in [-0.2, -0.15) is 0 Å². The van der Waals surface area contributed by atoms with Crippen molar-refractivity contribution in [3.8, 4) is 0 Å². The highest BCUT2D eigenvalue weighted by atomic mass is 16.1. The molecule has 4 nitrogen and oxygen atoms in total. The van der Waals surface area contributed by atoms with Crippen molar-refractivity contribution in [2.24, 2.45) is 0 Å². The predicted octanol–water partition coefficient (Wildman–Crippen LogP) is 4.46. The van der Waals surface area contributed by atoms with E-state index in [4.69, 9.17) is 0 Å². The Morgan fingerprint density at radius 2 is 1.68 bits per heavy atom. The minimum Gasteiger partial charge on any atom is -0.355 e. The Hall–Kier alpha value is -3.27. The second kappa shape index (κ2) is 8.61. The fourth-order valence-corrected chi connectivity index (χ4v) is 3.42. The second-order valence-corrected chi connectivity index (χ2v) is 6.92. The molecule has 0 radical (unpaired) electrons. The SMILES string of the molecule is CNC(=O)c1ccc([C@@H](CC(=O)c2ccnc(C)c2)c2ccccc2C)cc1. The Bertz CT molecular complexity index is 993.